The summed E-state index contributed by atoms with van der Waals surface area (Å²) >= 11 is 0. The average molecular weight is 549 g/mol. The molecule has 3 N–H and O–H groups in total. The molecule has 40 heavy (non-hydrogen) atoms. The molecule has 0 atom stereocenters. The first kappa shape index (κ1) is 29.5. The number of anilines is 1. The molecule has 0 bridgehead atoms. The minimum absolute atomic E-state index is 0.200. The predicted molar refractivity (Wildman–Crippen MR) is 150 cm³/mol. The summed E-state index contributed by atoms with van der Waals surface area (Å²) in [6.45, 7) is 2.51. The highest BCUT2D eigenvalue weighted by molar-refractivity contribution is 6.35. The lowest BCUT2D eigenvalue weighted by atomic mass is 10.1. The number of methoxy groups -OCH3 is 2. The maximum Gasteiger partial charge on any atom is 0.329 e. The zero-order valence-corrected chi connectivity index (χ0v) is 22.6. The average Bonchev–Trinajstić information content (AvgIpc) is 2.97. The van der Waals surface area contributed by atoms with E-state index < -0.39 is 11.8 Å². The summed E-state index contributed by atoms with van der Waals surface area (Å²) in [5.74, 6) is 0.307. The van der Waals surface area contributed by atoms with Crippen molar-refractivity contribution in [2.24, 2.45) is 5.10 Å². The molecule has 0 aromatic heterocycles. The number of rotatable bonds is 13. The third kappa shape index (κ3) is 9.35. The fourth-order valence-corrected chi connectivity index (χ4v) is 3.48. The molecular weight excluding hydrogens is 516 g/mol. The first-order chi connectivity index (χ1) is 19.4. The number of hydrogen-bond acceptors (Lipinski definition) is 8. The summed E-state index contributed by atoms with van der Waals surface area (Å²) in [6.07, 6.45) is 1.86. The van der Waals surface area contributed by atoms with E-state index in [9.17, 15) is 14.4 Å². The maximum atomic E-state index is 12.2. The number of nitrogens with zero attached hydrogens (tertiary/aromatic N) is 1. The summed E-state index contributed by atoms with van der Waals surface area (Å²) in [5, 5.41) is 9.11. The molecule has 0 heterocycles. The van der Waals surface area contributed by atoms with Gasteiger partial charge in [-0.15, -0.1) is 0 Å². The van der Waals surface area contributed by atoms with Crippen molar-refractivity contribution >= 4 is 29.6 Å². The normalized spacial score (nSPS) is 10.5. The van der Waals surface area contributed by atoms with Gasteiger partial charge in [0, 0.05) is 12.2 Å². The van der Waals surface area contributed by atoms with Crippen LogP contribution in [0.5, 0.6) is 23.0 Å². The standard InChI is InChI=1S/C29H32N4O7/c1-4-39-23-11-9-22(10-12-23)32-27(34)19-40-24-7-5-6-21(16-24)18-31-33-29(36)28(35)30-15-14-20-8-13-25(37-2)26(17-20)38-3/h5-13,16-18H,4,14-15,19H2,1-3H3,(H,30,35)(H,32,34)(H,33,36)/b31-18-. The first-order valence-corrected chi connectivity index (χ1v) is 12.5. The van der Waals surface area contributed by atoms with Gasteiger partial charge in [-0.1, -0.05) is 18.2 Å². The molecule has 0 saturated heterocycles. The van der Waals surface area contributed by atoms with Gasteiger partial charge in [0.25, 0.3) is 5.91 Å². The van der Waals surface area contributed by atoms with Crippen molar-refractivity contribution in [3.05, 3.63) is 77.9 Å². The van der Waals surface area contributed by atoms with Gasteiger partial charge in [0.1, 0.15) is 11.5 Å². The van der Waals surface area contributed by atoms with Gasteiger partial charge in [-0.3, -0.25) is 14.4 Å². The number of hydrogen-bond donors (Lipinski definition) is 3. The van der Waals surface area contributed by atoms with Crippen LogP contribution in [-0.2, 0) is 20.8 Å². The molecule has 0 aliphatic rings. The van der Waals surface area contributed by atoms with Gasteiger partial charge in [-0.25, -0.2) is 5.43 Å². The van der Waals surface area contributed by atoms with E-state index in [1.54, 1.807) is 68.8 Å². The van der Waals surface area contributed by atoms with Crippen LogP contribution in [0.25, 0.3) is 0 Å². The zero-order valence-electron chi connectivity index (χ0n) is 22.6. The van der Waals surface area contributed by atoms with Gasteiger partial charge in [0.2, 0.25) is 0 Å². The van der Waals surface area contributed by atoms with Gasteiger partial charge < -0.3 is 29.6 Å². The van der Waals surface area contributed by atoms with Crippen molar-refractivity contribution in [2.45, 2.75) is 13.3 Å². The Hall–Kier alpha value is -5.06. The van der Waals surface area contributed by atoms with Gasteiger partial charge in [0.15, 0.2) is 18.1 Å². The Balaban J connectivity index is 1.40. The van der Waals surface area contributed by atoms with Crippen LogP contribution in [0, 0.1) is 0 Å². The van der Waals surface area contributed by atoms with E-state index in [1.807, 2.05) is 19.1 Å². The predicted octanol–water partition coefficient (Wildman–Crippen LogP) is 2.93. The van der Waals surface area contributed by atoms with Crippen LogP contribution in [0.15, 0.2) is 71.8 Å². The largest absolute Gasteiger partial charge is 0.494 e. The highest BCUT2D eigenvalue weighted by atomic mass is 16.5. The Morgan fingerprint density at radius 1 is 0.850 bits per heavy atom. The molecular formula is C29H32N4O7. The second-order valence-corrected chi connectivity index (χ2v) is 8.26. The summed E-state index contributed by atoms with van der Waals surface area (Å²) in [4.78, 5) is 36.3. The van der Waals surface area contributed by atoms with Gasteiger partial charge in [-0.2, -0.15) is 5.10 Å². The Morgan fingerprint density at radius 3 is 2.35 bits per heavy atom. The Kier molecular flexibility index (Phi) is 11.3. The lowest BCUT2D eigenvalue weighted by Gasteiger charge is -2.10. The van der Waals surface area contributed by atoms with Crippen molar-refractivity contribution in [3.63, 3.8) is 0 Å². The number of carbonyl (C=O) groups is 3. The maximum absolute atomic E-state index is 12.2. The molecule has 0 aliphatic carbocycles. The third-order valence-electron chi connectivity index (χ3n) is 5.41. The van der Waals surface area contributed by atoms with Crippen LogP contribution in [0.4, 0.5) is 5.69 Å². The highest BCUT2D eigenvalue weighted by Crippen LogP contribution is 2.27. The SMILES string of the molecule is CCOc1ccc(NC(=O)COc2cccc(/C=N\NC(=O)C(=O)NCCc3ccc(OC)c(OC)c3)c2)cc1. The molecule has 11 heteroatoms. The van der Waals surface area contributed by atoms with Crippen molar-refractivity contribution in [3.8, 4) is 23.0 Å². The van der Waals surface area contributed by atoms with Crippen LogP contribution < -0.4 is 35.0 Å². The van der Waals surface area contributed by atoms with Gasteiger partial charge in [0.05, 0.1) is 27.0 Å². The van der Waals surface area contributed by atoms with Crippen LogP contribution in [0.2, 0.25) is 0 Å². The van der Waals surface area contributed by atoms with E-state index in [2.05, 4.69) is 21.2 Å². The van der Waals surface area contributed by atoms with E-state index in [0.29, 0.717) is 41.5 Å². The van der Waals surface area contributed by atoms with Crippen molar-refractivity contribution in [1.29, 1.82) is 0 Å². The molecule has 11 nitrogen and oxygen atoms in total. The van der Waals surface area contributed by atoms with Crippen LogP contribution in [0.1, 0.15) is 18.1 Å². The molecule has 0 aliphatic heterocycles. The molecule has 0 unspecified atom stereocenters. The topological polar surface area (TPSA) is 137 Å². The summed E-state index contributed by atoms with van der Waals surface area (Å²) in [7, 11) is 3.10. The summed E-state index contributed by atoms with van der Waals surface area (Å²) < 4.78 is 21.4. The monoisotopic (exact) mass is 548 g/mol. The van der Waals surface area contributed by atoms with Crippen molar-refractivity contribution in [2.75, 3.05) is 39.3 Å². The van der Waals surface area contributed by atoms with Crippen LogP contribution in [0.3, 0.4) is 0 Å². The highest BCUT2D eigenvalue weighted by Gasteiger charge is 2.12. The Morgan fingerprint density at radius 2 is 1.62 bits per heavy atom. The lowest BCUT2D eigenvalue weighted by molar-refractivity contribution is -0.139. The number of benzene rings is 3. The molecule has 0 spiro atoms. The number of carbonyl (C=O) groups excluding carboxylic acids is 3. The minimum atomic E-state index is -0.901. The smallest absolute Gasteiger partial charge is 0.329 e. The fraction of sp³-hybridized carbons (Fsp3) is 0.241. The second-order valence-electron chi connectivity index (χ2n) is 8.26. The Bertz CT molecular complexity index is 1330. The number of nitrogens with one attached hydrogen (secondary N) is 3. The molecule has 3 amide bonds. The Labute approximate surface area is 232 Å². The quantitative estimate of drug-likeness (QED) is 0.170. The molecule has 3 aromatic rings. The second kappa shape index (κ2) is 15.4. The molecule has 210 valence electrons. The van der Waals surface area contributed by atoms with E-state index >= 15 is 0 Å². The summed E-state index contributed by atoms with van der Waals surface area (Å²) in [5.41, 5.74) is 4.32. The number of amides is 3. The molecule has 3 aromatic carbocycles. The minimum Gasteiger partial charge on any atom is -0.494 e. The molecule has 3 rings (SSSR count). The van der Waals surface area contributed by atoms with E-state index in [1.165, 1.54) is 6.21 Å². The third-order valence-corrected chi connectivity index (χ3v) is 5.41. The van der Waals surface area contributed by atoms with Gasteiger partial charge >= 0.3 is 11.8 Å². The lowest BCUT2D eigenvalue weighted by Crippen LogP contribution is -2.38. The molecule has 0 fully saturated rings. The molecule has 0 saturated carbocycles. The van der Waals surface area contributed by atoms with Crippen molar-refractivity contribution in [1.82, 2.24) is 10.7 Å². The fourth-order valence-electron chi connectivity index (χ4n) is 3.48. The number of hydrazone groups is 1. The zero-order chi connectivity index (χ0) is 28.7. The van der Waals surface area contributed by atoms with Crippen LogP contribution >= 0.6 is 0 Å². The van der Waals surface area contributed by atoms with E-state index in [-0.39, 0.29) is 19.1 Å². The van der Waals surface area contributed by atoms with Crippen LogP contribution in [-0.4, -0.2) is 57.9 Å². The van der Waals surface area contributed by atoms with Gasteiger partial charge in [-0.05, 0) is 73.0 Å². The van der Waals surface area contributed by atoms with Crippen molar-refractivity contribution < 1.29 is 33.3 Å². The van der Waals surface area contributed by atoms with E-state index in [0.717, 1.165) is 11.3 Å². The van der Waals surface area contributed by atoms with E-state index in [4.69, 9.17) is 18.9 Å². The first-order valence-electron chi connectivity index (χ1n) is 12.5. The number of ether oxygens (including phenoxy) is 4. The summed E-state index contributed by atoms with van der Waals surface area (Å²) in [6, 6.07) is 19.2. The molecule has 0 radical (unpaired) electrons.